The lowest BCUT2D eigenvalue weighted by Crippen LogP contribution is -2.15. The van der Waals surface area contributed by atoms with Crippen LogP contribution in [0, 0.1) is 11.6 Å². The number of halogens is 2. The highest BCUT2D eigenvalue weighted by atomic mass is 19.2. The molecule has 2 rings (SSSR count). The number of ether oxygens (including phenoxy) is 1. The zero-order chi connectivity index (χ0) is 11.5. The van der Waals surface area contributed by atoms with Crippen molar-refractivity contribution >= 4 is 0 Å². The van der Waals surface area contributed by atoms with E-state index in [1.54, 1.807) is 6.08 Å². The van der Waals surface area contributed by atoms with Gasteiger partial charge in [-0.3, -0.25) is 0 Å². The monoisotopic (exact) mass is 226 g/mol. The first-order chi connectivity index (χ1) is 7.68. The molecule has 1 heterocycles. The van der Waals surface area contributed by atoms with Gasteiger partial charge in [0.15, 0.2) is 11.6 Å². The molecule has 0 fully saturated rings. The predicted molar refractivity (Wildman–Crippen MR) is 54.7 cm³/mol. The Labute approximate surface area is 92.2 Å². The Balaban J connectivity index is 2.11. The molecule has 1 aliphatic heterocycles. The van der Waals surface area contributed by atoms with Gasteiger partial charge in [0, 0.05) is 12.8 Å². The Morgan fingerprint density at radius 1 is 1.38 bits per heavy atom. The Bertz CT molecular complexity index is 415. The molecule has 0 amide bonds. The normalized spacial score (nSPS) is 16.8. The summed E-state index contributed by atoms with van der Waals surface area (Å²) >= 11 is 0. The van der Waals surface area contributed by atoms with Crippen molar-refractivity contribution in [2.75, 3.05) is 6.61 Å². The van der Waals surface area contributed by atoms with Crippen LogP contribution in [0.25, 0.3) is 0 Å². The lowest BCUT2D eigenvalue weighted by molar-refractivity contribution is 0.117. The Hall–Kier alpha value is -1.42. The lowest BCUT2D eigenvalue weighted by Gasteiger charge is -2.12. The molecule has 0 saturated carbocycles. The first-order valence-corrected chi connectivity index (χ1v) is 5.12. The van der Waals surface area contributed by atoms with E-state index >= 15 is 0 Å². The van der Waals surface area contributed by atoms with E-state index in [4.69, 9.17) is 4.74 Å². The van der Waals surface area contributed by atoms with Crippen LogP contribution in [0.4, 0.5) is 8.78 Å². The summed E-state index contributed by atoms with van der Waals surface area (Å²) in [6.45, 7) is 0.540. The summed E-state index contributed by atoms with van der Waals surface area (Å²) in [6, 6.07) is 3.93. The zero-order valence-electron chi connectivity index (χ0n) is 8.62. The summed E-state index contributed by atoms with van der Waals surface area (Å²) in [5.74, 6) is -1.35. The van der Waals surface area contributed by atoms with E-state index in [1.807, 2.05) is 0 Å². The van der Waals surface area contributed by atoms with Crippen LogP contribution in [0.2, 0.25) is 0 Å². The zero-order valence-corrected chi connectivity index (χ0v) is 8.62. The number of rotatable bonds is 3. The molecule has 1 aliphatic rings. The van der Waals surface area contributed by atoms with Crippen molar-refractivity contribution in [2.45, 2.75) is 18.9 Å². The fraction of sp³-hybridized carbons (Fsp3) is 0.333. The second kappa shape index (κ2) is 4.61. The van der Waals surface area contributed by atoms with E-state index in [1.165, 1.54) is 12.1 Å². The van der Waals surface area contributed by atoms with Crippen molar-refractivity contribution in [3.63, 3.8) is 0 Å². The smallest absolute Gasteiger partial charge is 0.162 e. The first-order valence-electron chi connectivity index (χ1n) is 5.12. The van der Waals surface area contributed by atoms with Gasteiger partial charge in [-0.1, -0.05) is 12.1 Å². The SMILES string of the molecule is OC(Cc1cccc(F)c1F)C1=CCCO1. The molecular weight excluding hydrogens is 214 g/mol. The summed E-state index contributed by atoms with van der Waals surface area (Å²) in [5.41, 5.74) is 0.156. The third-order valence-corrected chi connectivity index (χ3v) is 2.51. The maximum Gasteiger partial charge on any atom is 0.162 e. The van der Waals surface area contributed by atoms with Crippen LogP contribution in [0.5, 0.6) is 0 Å². The van der Waals surface area contributed by atoms with Gasteiger partial charge in [-0.15, -0.1) is 0 Å². The van der Waals surface area contributed by atoms with Crippen LogP contribution in [0.15, 0.2) is 30.0 Å². The Kier molecular flexibility index (Phi) is 3.19. The highest BCUT2D eigenvalue weighted by molar-refractivity contribution is 5.21. The molecule has 16 heavy (non-hydrogen) atoms. The minimum atomic E-state index is -0.904. The minimum Gasteiger partial charge on any atom is -0.495 e. The molecule has 0 saturated heterocycles. The second-order valence-electron chi connectivity index (χ2n) is 3.68. The fourth-order valence-corrected chi connectivity index (χ4v) is 1.68. The highest BCUT2D eigenvalue weighted by Gasteiger charge is 2.19. The number of aliphatic hydroxyl groups is 1. The standard InChI is InChI=1S/C12H12F2O2/c13-9-4-1-3-8(12(9)14)7-10(15)11-5-2-6-16-11/h1,3-5,10,15H,2,6-7H2. The van der Waals surface area contributed by atoms with Crippen LogP contribution in [0.1, 0.15) is 12.0 Å². The number of hydrogen-bond donors (Lipinski definition) is 1. The predicted octanol–water partition coefficient (Wildman–Crippen LogP) is 2.17. The van der Waals surface area contributed by atoms with Crippen molar-refractivity contribution in [3.05, 3.63) is 47.2 Å². The van der Waals surface area contributed by atoms with Crippen LogP contribution < -0.4 is 0 Å². The largest absolute Gasteiger partial charge is 0.495 e. The molecule has 0 radical (unpaired) electrons. The van der Waals surface area contributed by atoms with Gasteiger partial charge in [0.1, 0.15) is 11.9 Å². The number of aliphatic hydroxyl groups excluding tert-OH is 1. The topological polar surface area (TPSA) is 29.5 Å². The van der Waals surface area contributed by atoms with E-state index in [0.29, 0.717) is 12.4 Å². The highest BCUT2D eigenvalue weighted by Crippen LogP contribution is 2.19. The average Bonchev–Trinajstić information content (AvgIpc) is 2.78. The third kappa shape index (κ3) is 2.22. The van der Waals surface area contributed by atoms with Crippen molar-refractivity contribution in [1.29, 1.82) is 0 Å². The van der Waals surface area contributed by atoms with Crippen molar-refractivity contribution < 1.29 is 18.6 Å². The molecule has 2 nitrogen and oxygen atoms in total. The second-order valence-corrected chi connectivity index (χ2v) is 3.68. The summed E-state index contributed by atoms with van der Waals surface area (Å²) in [5, 5.41) is 9.74. The van der Waals surface area contributed by atoms with E-state index in [2.05, 4.69) is 0 Å². The Morgan fingerprint density at radius 3 is 2.88 bits per heavy atom. The summed E-state index contributed by atoms with van der Waals surface area (Å²) in [7, 11) is 0. The van der Waals surface area contributed by atoms with Crippen LogP contribution >= 0.6 is 0 Å². The average molecular weight is 226 g/mol. The quantitative estimate of drug-likeness (QED) is 0.855. The van der Waals surface area contributed by atoms with E-state index in [9.17, 15) is 13.9 Å². The minimum absolute atomic E-state index is 0.0232. The molecule has 1 N–H and O–H groups in total. The van der Waals surface area contributed by atoms with Crippen LogP contribution in [-0.4, -0.2) is 17.8 Å². The molecule has 0 spiro atoms. The molecular formula is C12H12F2O2. The molecule has 0 bridgehead atoms. The van der Waals surface area contributed by atoms with Gasteiger partial charge in [0.05, 0.1) is 6.61 Å². The van der Waals surface area contributed by atoms with Gasteiger partial charge in [-0.05, 0) is 17.7 Å². The Morgan fingerprint density at radius 2 is 2.19 bits per heavy atom. The molecule has 86 valence electrons. The van der Waals surface area contributed by atoms with Gasteiger partial charge in [-0.25, -0.2) is 8.78 Å². The van der Waals surface area contributed by atoms with Gasteiger partial charge in [0.2, 0.25) is 0 Å². The molecule has 1 unspecified atom stereocenters. The van der Waals surface area contributed by atoms with Crippen LogP contribution in [-0.2, 0) is 11.2 Å². The third-order valence-electron chi connectivity index (χ3n) is 2.51. The maximum absolute atomic E-state index is 13.3. The van der Waals surface area contributed by atoms with E-state index in [0.717, 1.165) is 12.5 Å². The number of hydrogen-bond acceptors (Lipinski definition) is 2. The number of benzene rings is 1. The summed E-state index contributed by atoms with van der Waals surface area (Å²) < 4.78 is 31.4. The van der Waals surface area contributed by atoms with Gasteiger partial charge >= 0.3 is 0 Å². The summed E-state index contributed by atoms with van der Waals surface area (Å²) in [4.78, 5) is 0. The van der Waals surface area contributed by atoms with Crippen LogP contribution in [0.3, 0.4) is 0 Å². The van der Waals surface area contributed by atoms with Gasteiger partial charge < -0.3 is 9.84 Å². The summed E-state index contributed by atoms with van der Waals surface area (Å²) in [6.07, 6.45) is 1.63. The van der Waals surface area contributed by atoms with Gasteiger partial charge in [-0.2, -0.15) is 0 Å². The molecule has 1 aromatic rings. The molecule has 1 aromatic carbocycles. The molecule has 4 heteroatoms. The maximum atomic E-state index is 13.3. The molecule has 0 aromatic heterocycles. The van der Waals surface area contributed by atoms with Crippen molar-refractivity contribution in [1.82, 2.24) is 0 Å². The molecule has 0 aliphatic carbocycles. The van der Waals surface area contributed by atoms with Gasteiger partial charge in [0.25, 0.3) is 0 Å². The van der Waals surface area contributed by atoms with E-state index < -0.39 is 17.7 Å². The van der Waals surface area contributed by atoms with Crippen molar-refractivity contribution in [2.24, 2.45) is 0 Å². The van der Waals surface area contributed by atoms with Crippen molar-refractivity contribution in [3.8, 4) is 0 Å². The molecule has 1 atom stereocenters. The lowest BCUT2D eigenvalue weighted by atomic mass is 10.1. The van der Waals surface area contributed by atoms with E-state index in [-0.39, 0.29) is 12.0 Å². The fourth-order valence-electron chi connectivity index (χ4n) is 1.68. The first kappa shape index (κ1) is 11.1.